The van der Waals surface area contributed by atoms with Gasteiger partial charge in [0.05, 0.1) is 5.92 Å². The highest BCUT2D eigenvalue weighted by atomic mass is 16.6. The molecule has 2 aliphatic carbocycles. The van der Waals surface area contributed by atoms with Crippen molar-refractivity contribution in [2.75, 3.05) is 0 Å². The Morgan fingerprint density at radius 3 is 2.25 bits per heavy atom. The van der Waals surface area contributed by atoms with Crippen molar-refractivity contribution in [3.63, 3.8) is 0 Å². The zero-order valence-corrected chi connectivity index (χ0v) is 21.1. The molecule has 0 spiro atoms. The summed E-state index contributed by atoms with van der Waals surface area (Å²) in [5.41, 5.74) is 3.33. The number of rotatable bonds is 5. The average molecular weight is 444 g/mol. The second kappa shape index (κ2) is 8.72. The number of carbonyl (C=O) groups is 2. The van der Waals surface area contributed by atoms with Crippen LogP contribution in [-0.2, 0) is 16.6 Å². The third-order valence-corrected chi connectivity index (χ3v) is 8.14. The van der Waals surface area contributed by atoms with E-state index in [-0.39, 0.29) is 22.9 Å². The molecule has 5 nitrogen and oxygen atoms in total. The van der Waals surface area contributed by atoms with Crippen LogP contribution in [0.1, 0.15) is 104 Å². The van der Waals surface area contributed by atoms with Crippen molar-refractivity contribution in [3.8, 4) is 5.75 Å². The zero-order chi connectivity index (χ0) is 24.0. The van der Waals surface area contributed by atoms with Crippen LogP contribution < -0.4 is 4.74 Å². The normalized spacial score (nSPS) is 25.1. The number of aliphatic carboxylic acids is 1. The summed E-state index contributed by atoms with van der Waals surface area (Å²) in [5.74, 6) is -0.695. The van der Waals surface area contributed by atoms with Crippen LogP contribution >= 0.6 is 0 Å². The Labute approximate surface area is 193 Å². The van der Waals surface area contributed by atoms with E-state index in [4.69, 9.17) is 4.74 Å². The van der Waals surface area contributed by atoms with E-state index in [0.29, 0.717) is 17.2 Å². The third-order valence-electron chi connectivity index (χ3n) is 8.14. The Morgan fingerprint density at radius 1 is 1.06 bits per heavy atom. The van der Waals surface area contributed by atoms with Crippen molar-refractivity contribution in [1.82, 2.24) is 4.90 Å². The van der Waals surface area contributed by atoms with Crippen molar-refractivity contribution >= 4 is 12.1 Å². The Balaban J connectivity index is 2.11. The van der Waals surface area contributed by atoms with Crippen LogP contribution in [0.4, 0.5) is 4.79 Å². The molecule has 0 saturated heterocycles. The highest BCUT2D eigenvalue weighted by Crippen LogP contribution is 2.57. The lowest BCUT2D eigenvalue weighted by molar-refractivity contribution is -0.138. The van der Waals surface area contributed by atoms with E-state index >= 15 is 0 Å². The highest BCUT2D eigenvalue weighted by Gasteiger charge is 2.50. The van der Waals surface area contributed by atoms with Gasteiger partial charge in [0.1, 0.15) is 5.75 Å². The largest absolute Gasteiger partial charge is 0.481 e. The van der Waals surface area contributed by atoms with Gasteiger partial charge in [-0.2, -0.15) is 0 Å². The monoisotopic (exact) mass is 443 g/mol. The van der Waals surface area contributed by atoms with Gasteiger partial charge in [-0.25, -0.2) is 4.79 Å². The minimum Gasteiger partial charge on any atom is -0.481 e. The molecule has 3 atom stereocenters. The SMILES string of the molecule is CC(C(=O)O)c1cc2c(cc1OC(=O)N(C(C)C)C(C)C)[C@@]1(C)CCCC(C)(C)[C@@H]1CC2. The first kappa shape index (κ1) is 24.6. The molecule has 2 aliphatic rings. The van der Waals surface area contributed by atoms with E-state index < -0.39 is 18.0 Å². The first-order valence-electron chi connectivity index (χ1n) is 12.2. The molecule has 1 unspecified atom stereocenters. The maximum Gasteiger partial charge on any atom is 0.415 e. The lowest BCUT2D eigenvalue weighted by Crippen LogP contribution is -2.48. The molecule has 0 heterocycles. The third kappa shape index (κ3) is 4.27. The maximum atomic E-state index is 13.1. The van der Waals surface area contributed by atoms with E-state index in [1.54, 1.807) is 11.8 Å². The lowest BCUT2D eigenvalue weighted by atomic mass is 9.50. The van der Waals surface area contributed by atoms with Crippen LogP contribution in [0.15, 0.2) is 12.1 Å². The zero-order valence-electron chi connectivity index (χ0n) is 21.1. The van der Waals surface area contributed by atoms with Gasteiger partial charge < -0.3 is 14.7 Å². The topological polar surface area (TPSA) is 66.8 Å². The molecule has 0 bridgehead atoms. The number of carboxylic acid groups (broad SMARTS) is 1. The minimum atomic E-state index is -0.912. The predicted molar refractivity (Wildman–Crippen MR) is 127 cm³/mol. The van der Waals surface area contributed by atoms with Gasteiger partial charge in [-0.1, -0.05) is 33.3 Å². The first-order valence-corrected chi connectivity index (χ1v) is 12.2. The molecule has 1 amide bonds. The lowest BCUT2D eigenvalue weighted by Gasteiger charge is -2.54. The number of hydrogen-bond acceptors (Lipinski definition) is 3. The van der Waals surface area contributed by atoms with Crippen molar-refractivity contribution in [2.45, 2.75) is 111 Å². The molecule has 1 N–H and O–H groups in total. The summed E-state index contributed by atoms with van der Waals surface area (Å²) < 4.78 is 5.97. The van der Waals surface area contributed by atoms with Gasteiger partial charge in [0.25, 0.3) is 0 Å². The van der Waals surface area contributed by atoms with Gasteiger partial charge in [-0.3, -0.25) is 4.79 Å². The molecule has 0 radical (unpaired) electrons. The van der Waals surface area contributed by atoms with Crippen LogP contribution in [0.25, 0.3) is 0 Å². The van der Waals surface area contributed by atoms with Crippen LogP contribution in [0.5, 0.6) is 5.75 Å². The van der Waals surface area contributed by atoms with Crippen LogP contribution in [0.3, 0.4) is 0 Å². The van der Waals surface area contributed by atoms with Gasteiger partial charge in [0.15, 0.2) is 0 Å². The number of nitrogens with zero attached hydrogens (tertiary/aromatic N) is 1. The van der Waals surface area contributed by atoms with Crippen LogP contribution in [-0.4, -0.2) is 34.2 Å². The number of benzene rings is 1. The number of aryl methyl sites for hydroxylation is 1. The van der Waals surface area contributed by atoms with Crippen molar-refractivity contribution in [2.24, 2.45) is 11.3 Å². The van der Waals surface area contributed by atoms with Crippen molar-refractivity contribution < 1.29 is 19.4 Å². The Bertz CT molecular complexity index is 880. The van der Waals surface area contributed by atoms with Crippen molar-refractivity contribution in [1.29, 1.82) is 0 Å². The summed E-state index contributed by atoms with van der Waals surface area (Å²) >= 11 is 0. The van der Waals surface area contributed by atoms with E-state index in [0.717, 1.165) is 19.3 Å². The van der Waals surface area contributed by atoms with E-state index in [2.05, 4.69) is 20.8 Å². The van der Waals surface area contributed by atoms with Crippen molar-refractivity contribution in [3.05, 3.63) is 28.8 Å². The van der Waals surface area contributed by atoms with Gasteiger partial charge in [0.2, 0.25) is 0 Å². The average Bonchev–Trinajstić information content (AvgIpc) is 2.66. The molecule has 1 aromatic carbocycles. The minimum absolute atomic E-state index is 0.0112. The standard InChI is InChI=1S/C27H41NO4/c1-16(2)28(17(3)4)25(31)32-22-15-21-19(14-20(22)18(5)24(29)30)10-11-23-26(6,7)12-9-13-27(21,23)8/h14-18,23H,9-13H2,1-8H3,(H,29,30)/t18?,23-,27+/m0/s1. The summed E-state index contributed by atoms with van der Waals surface area (Å²) in [6.07, 6.45) is 5.16. The van der Waals surface area contributed by atoms with Gasteiger partial charge in [-0.05, 0) is 94.2 Å². The molecule has 5 heteroatoms. The van der Waals surface area contributed by atoms with E-state index in [1.165, 1.54) is 24.0 Å². The fraction of sp³-hybridized carbons (Fsp3) is 0.704. The Morgan fingerprint density at radius 2 is 1.69 bits per heavy atom. The fourth-order valence-electron chi connectivity index (χ4n) is 6.56. The first-order chi connectivity index (χ1) is 14.8. The second-order valence-corrected chi connectivity index (χ2v) is 11.4. The quantitative estimate of drug-likeness (QED) is 0.562. The van der Waals surface area contributed by atoms with Crippen LogP contribution in [0.2, 0.25) is 0 Å². The molecule has 0 aromatic heterocycles. The molecular formula is C27H41NO4. The van der Waals surface area contributed by atoms with Gasteiger partial charge >= 0.3 is 12.1 Å². The summed E-state index contributed by atoms with van der Waals surface area (Å²) in [4.78, 5) is 26.7. The highest BCUT2D eigenvalue weighted by molar-refractivity contribution is 5.79. The smallest absolute Gasteiger partial charge is 0.415 e. The molecule has 1 aromatic rings. The maximum absolute atomic E-state index is 13.1. The molecule has 0 aliphatic heterocycles. The molecule has 1 saturated carbocycles. The molecule has 3 rings (SSSR count). The number of fused-ring (bicyclic) bond motifs is 3. The summed E-state index contributed by atoms with van der Waals surface area (Å²) in [6.45, 7) is 16.6. The van der Waals surface area contributed by atoms with Crippen LogP contribution in [0, 0.1) is 11.3 Å². The number of carboxylic acids is 1. The Hall–Kier alpha value is -2.04. The predicted octanol–water partition coefficient (Wildman–Crippen LogP) is 6.52. The number of ether oxygens (including phenoxy) is 1. The molecule has 1 fully saturated rings. The Kier molecular flexibility index (Phi) is 6.70. The summed E-state index contributed by atoms with van der Waals surface area (Å²) in [5, 5.41) is 9.74. The fourth-order valence-corrected chi connectivity index (χ4v) is 6.56. The number of hydrogen-bond donors (Lipinski definition) is 1. The number of carbonyl (C=O) groups excluding carboxylic acids is 1. The van der Waals surface area contributed by atoms with Gasteiger partial charge in [0, 0.05) is 17.6 Å². The summed E-state index contributed by atoms with van der Waals surface area (Å²) in [6, 6.07) is 3.99. The summed E-state index contributed by atoms with van der Waals surface area (Å²) in [7, 11) is 0. The number of amides is 1. The second-order valence-electron chi connectivity index (χ2n) is 11.4. The van der Waals surface area contributed by atoms with E-state index in [1.807, 2.05) is 39.8 Å². The van der Waals surface area contributed by atoms with E-state index in [9.17, 15) is 14.7 Å². The molecule has 32 heavy (non-hydrogen) atoms. The molecule has 178 valence electrons. The molecular weight excluding hydrogens is 402 g/mol. The van der Waals surface area contributed by atoms with Gasteiger partial charge in [-0.15, -0.1) is 0 Å².